The summed E-state index contributed by atoms with van der Waals surface area (Å²) < 4.78 is 0. The van der Waals surface area contributed by atoms with Crippen LogP contribution in [0.4, 0.5) is 0 Å². The van der Waals surface area contributed by atoms with Crippen LogP contribution in [0.15, 0.2) is 36.5 Å². The first-order valence-corrected chi connectivity index (χ1v) is 5.21. The molecule has 0 bridgehead atoms. The van der Waals surface area contributed by atoms with Crippen molar-refractivity contribution in [1.29, 1.82) is 0 Å². The largest absolute Gasteiger partial charge is 0.393 e. The molecule has 2 atom stereocenters. The normalized spacial score (nSPS) is 15.1. The molecule has 2 nitrogen and oxygen atoms in total. The lowest BCUT2D eigenvalue weighted by Gasteiger charge is -2.15. The van der Waals surface area contributed by atoms with E-state index in [0.29, 0.717) is 0 Å². The first-order valence-electron chi connectivity index (χ1n) is 5.21. The highest BCUT2D eigenvalue weighted by Gasteiger charge is 2.11. The maximum atomic E-state index is 9.53. The Bertz CT molecular complexity index is 465. The van der Waals surface area contributed by atoms with Crippen molar-refractivity contribution >= 4 is 10.9 Å². The van der Waals surface area contributed by atoms with Gasteiger partial charge in [-0.25, -0.2) is 0 Å². The van der Waals surface area contributed by atoms with Crippen molar-refractivity contribution in [2.24, 2.45) is 0 Å². The lowest BCUT2D eigenvalue weighted by atomic mass is 9.95. The number of hydrogen-bond donors (Lipinski definition) is 1. The SMILES string of the molecule is CC(O)C(C)c1ccc2ncccc2c1. The van der Waals surface area contributed by atoms with Gasteiger partial charge in [-0.15, -0.1) is 0 Å². The molecule has 0 aliphatic carbocycles. The topological polar surface area (TPSA) is 33.1 Å². The molecule has 0 saturated heterocycles. The van der Waals surface area contributed by atoms with E-state index in [9.17, 15) is 5.11 Å². The molecular formula is C13H15NO. The molecule has 1 aromatic heterocycles. The smallest absolute Gasteiger partial charge is 0.0702 e. The fourth-order valence-electron chi connectivity index (χ4n) is 1.66. The van der Waals surface area contributed by atoms with Crippen LogP contribution in [0.25, 0.3) is 10.9 Å². The van der Waals surface area contributed by atoms with E-state index in [-0.39, 0.29) is 12.0 Å². The summed E-state index contributed by atoms with van der Waals surface area (Å²) in [5, 5.41) is 10.7. The summed E-state index contributed by atoms with van der Waals surface area (Å²) >= 11 is 0. The van der Waals surface area contributed by atoms with Gasteiger partial charge in [0.1, 0.15) is 0 Å². The molecule has 0 fully saturated rings. The molecule has 2 unspecified atom stereocenters. The number of benzene rings is 1. The molecule has 0 aliphatic heterocycles. The summed E-state index contributed by atoms with van der Waals surface area (Å²) in [4.78, 5) is 4.26. The van der Waals surface area contributed by atoms with E-state index in [4.69, 9.17) is 0 Å². The van der Waals surface area contributed by atoms with Crippen molar-refractivity contribution in [3.05, 3.63) is 42.1 Å². The minimum atomic E-state index is -0.320. The Morgan fingerprint density at radius 3 is 2.73 bits per heavy atom. The Hall–Kier alpha value is -1.41. The first-order chi connectivity index (χ1) is 7.18. The van der Waals surface area contributed by atoms with Gasteiger partial charge in [0.2, 0.25) is 0 Å². The maximum Gasteiger partial charge on any atom is 0.0702 e. The van der Waals surface area contributed by atoms with E-state index in [0.717, 1.165) is 16.5 Å². The number of aliphatic hydroxyl groups excluding tert-OH is 1. The summed E-state index contributed by atoms with van der Waals surface area (Å²) in [6.07, 6.45) is 1.47. The number of aliphatic hydroxyl groups is 1. The molecule has 0 aliphatic rings. The molecule has 0 radical (unpaired) electrons. The van der Waals surface area contributed by atoms with E-state index in [1.165, 1.54) is 0 Å². The molecule has 2 heteroatoms. The highest BCUT2D eigenvalue weighted by molar-refractivity contribution is 5.79. The average molecular weight is 201 g/mol. The number of rotatable bonds is 2. The van der Waals surface area contributed by atoms with Crippen LogP contribution in [0, 0.1) is 0 Å². The Kier molecular flexibility index (Phi) is 2.69. The molecule has 2 aromatic rings. The van der Waals surface area contributed by atoms with Gasteiger partial charge in [0.05, 0.1) is 11.6 Å². The van der Waals surface area contributed by atoms with E-state index in [2.05, 4.69) is 11.1 Å². The monoisotopic (exact) mass is 201 g/mol. The minimum Gasteiger partial charge on any atom is -0.393 e. The molecule has 1 N–H and O–H groups in total. The summed E-state index contributed by atoms with van der Waals surface area (Å²) in [5.41, 5.74) is 2.16. The number of aromatic nitrogens is 1. The van der Waals surface area contributed by atoms with Crippen LogP contribution in [-0.2, 0) is 0 Å². The molecule has 2 rings (SSSR count). The van der Waals surface area contributed by atoms with Crippen molar-refractivity contribution in [2.75, 3.05) is 0 Å². The fourth-order valence-corrected chi connectivity index (χ4v) is 1.66. The van der Waals surface area contributed by atoms with Gasteiger partial charge in [-0.3, -0.25) is 4.98 Å². The lowest BCUT2D eigenvalue weighted by molar-refractivity contribution is 0.169. The van der Waals surface area contributed by atoms with Crippen molar-refractivity contribution in [1.82, 2.24) is 4.98 Å². The summed E-state index contributed by atoms with van der Waals surface area (Å²) in [5.74, 6) is 0.162. The fraction of sp³-hybridized carbons (Fsp3) is 0.308. The molecule has 15 heavy (non-hydrogen) atoms. The van der Waals surface area contributed by atoms with Crippen LogP contribution in [0.1, 0.15) is 25.3 Å². The molecular weight excluding hydrogens is 186 g/mol. The third-order valence-corrected chi connectivity index (χ3v) is 2.88. The standard InChI is InChI=1S/C13H15NO/c1-9(10(2)15)11-5-6-13-12(8-11)4-3-7-14-13/h3-10,15H,1-2H3. The Balaban J connectivity index is 2.47. The van der Waals surface area contributed by atoms with Crippen LogP contribution >= 0.6 is 0 Å². The van der Waals surface area contributed by atoms with Crippen LogP contribution in [0.3, 0.4) is 0 Å². The number of pyridine rings is 1. The highest BCUT2D eigenvalue weighted by atomic mass is 16.3. The van der Waals surface area contributed by atoms with Crippen LogP contribution < -0.4 is 0 Å². The molecule has 0 spiro atoms. The molecule has 0 amide bonds. The predicted molar refractivity (Wildman–Crippen MR) is 61.8 cm³/mol. The minimum absolute atomic E-state index is 0.162. The number of nitrogens with zero attached hydrogens (tertiary/aromatic N) is 1. The summed E-state index contributed by atoms with van der Waals surface area (Å²) in [6.45, 7) is 3.85. The highest BCUT2D eigenvalue weighted by Crippen LogP contribution is 2.22. The van der Waals surface area contributed by atoms with Gasteiger partial charge in [0, 0.05) is 17.5 Å². The van der Waals surface area contributed by atoms with E-state index in [1.807, 2.05) is 38.1 Å². The van der Waals surface area contributed by atoms with Gasteiger partial charge < -0.3 is 5.11 Å². The van der Waals surface area contributed by atoms with Gasteiger partial charge in [0.15, 0.2) is 0 Å². The van der Waals surface area contributed by atoms with Gasteiger partial charge >= 0.3 is 0 Å². The van der Waals surface area contributed by atoms with Crippen LogP contribution in [0.2, 0.25) is 0 Å². The quantitative estimate of drug-likeness (QED) is 0.810. The second-order valence-corrected chi connectivity index (χ2v) is 3.98. The molecule has 0 saturated carbocycles. The molecule has 1 aromatic carbocycles. The van der Waals surface area contributed by atoms with E-state index < -0.39 is 0 Å². The van der Waals surface area contributed by atoms with Gasteiger partial charge in [-0.05, 0) is 30.7 Å². The van der Waals surface area contributed by atoms with Crippen molar-refractivity contribution in [3.8, 4) is 0 Å². The van der Waals surface area contributed by atoms with Gasteiger partial charge in [0.25, 0.3) is 0 Å². The Morgan fingerprint density at radius 2 is 2.00 bits per heavy atom. The molecule has 1 heterocycles. The van der Waals surface area contributed by atoms with E-state index >= 15 is 0 Å². The Labute approximate surface area is 89.6 Å². The maximum absolute atomic E-state index is 9.53. The van der Waals surface area contributed by atoms with Crippen LogP contribution in [-0.4, -0.2) is 16.2 Å². The first kappa shape index (κ1) is 10.1. The summed E-state index contributed by atoms with van der Waals surface area (Å²) in [6, 6.07) is 10.1. The van der Waals surface area contributed by atoms with Gasteiger partial charge in [-0.1, -0.05) is 19.1 Å². The second-order valence-electron chi connectivity index (χ2n) is 3.98. The zero-order valence-electron chi connectivity index (χ0n) is 9.01. The van der Waals surface area contributed by atoms with Crippen LogP contribution in [0.5, 0.6) is 0 Å². The van der Waals surface area contributed by atoms with E-state index in [1.54, 1.807) is 6.20 Å². The van der Waals surface area contributed by atoms with Gasteiger partial charge in [-0.2, -0.15) is 0 Å². The summed E-state index contributed by atoms with van der Waals surface area (Å²) in [7, 11) is 0. The third kappa shape index (κ3) is 2.00. The predicted octanol–water partition coefficient (Wildman–Crippen LogP) is 2.72. The second kappa shape index (κ2) is 3.99. The number of fused-ring (bicyclic) bond motifs is 1. The molecule has 78 valence electrons. The van der Waals surface area contributed by atoms with Crippen molar-refractivity contribution in [3.63, 3.8) is 0 Å². The van der Waals surface area contributed by atoms with Crippen molar-refractivity contribution < 1.29 is 5.11 Å². The zero-order chi connectivity index (χ0) is 10.8. The average Bonchev–Trinajstić information content (AvgIpc) is 2.27. The lowest BCUT2D eigenvalue weighted by Crippen LogP contribution is -2.10. The Morgan fingerprint density at radius 1 is 1.20 bits per heavy atom. The zero-order valence-corrected chi connectivity index (χ0v) is 9.01. The third-order valence-electron chi connectivity index (χ3n) is 2.88. The van der Waals surface area contributed by atoms with Crippen molar-refractivity contribution in [2.45, 2.75) is 25.9 Å². The number of hydrogen-bond acceptors (Lipinski definition) is 2.